The molecule has 2 aromatic rings. The number of hydrogen-bond acceptors (Lipinski definition) is 4. The van der Waals surface area contributed by atoms with E-state index in [1.165, 1.54) is 32.2 Å². The molecule has 0 saturated carbocycles. The minimum Gasteiger partial charge on any atom is -0.495 e. The maximum atomic E-state index is 12.7. The van der Waals surface area contributed by atoms with E-state index < -0.39 is 22.0 Å². The first-order valence-electron chi connectivity index (χ1n) is 7.64. The number of sulfonamides is 1. The molecule has 27 heavy (non-hydrogen) atoms. The topological polar surface area (TPSA) is 75.7 Å². The summed E-state index contributed by atoms with van der Waals surface area (Å²) >= 11 is 18.1. The number of benzene rings is 2. The Hall–Kier alpha value is -1.67. The Morgan fingerprint density at radius 2 is 1.81 bits per heavy atom. The van der Waals surface area contributed by atoms with E-state index >= 15 is 0 Å². The summed E-state index contributed by atoms with van der Waals surface area (Å²) in [4.78, 5) is 12.7. The van der Waals surface area contributed by atoms with E-state index in [2.05, 4.69) is 5.32 Å². The lowest BCUT2D eigenvalue weighted by atomic mass is 10.2. The number of methoxy groups -OCH3 is 1. The van der Waals surface area contributed by atoms with Crippen molar-refractivity contribution in [3.05, 3.63) is 51.5 Å². The normalized spacial score (nSPS) is 12.4. The van der Waals surface area contributed by atoms with Gasteiger partial charge in [-0.15, -0.1) is 0 Å². The number of amides is 1. The smallest absolute Gasteiger partial charge is 0.248 e. The van der Waals surface area contributed by atoms with Gasteiger partial charge in [0.2, 0.25) is 15.9 Å². The van der Waals surface area contributed by atoms with E-state index in [0.717, 1.165) is 10.6 Å². The van der Waals surface area contributed by atoms with Crippen LogP contribution >= 0.6 is 34.8 Å². The highest BCUT2D eigenvalue weighted by molar-refractivity contribution is 7.92. The van der Waals surface area contributed by atoms with E-state index in [9.17, 15) is 13.2 Å². The summed E-state index contributed by atoms with van der Waals surface area (Å²) in [6.45, 7) is 1.45. The maximum absolute atomic E-state index is 12.7. The van der Waals surface area contributed by atoms with Crippen LogP contribution in [0, 0.1) is 0 Å². The second-order valence-corrected chi connectivity index (χ2v) is 8.70. The summed E-state index contributed by atoms with van der Waals surface area (Å²) < 4.78 is 30.7. The maximum Gasteiger partial charge on any atom is 0.248 e. The average molecular weight is 452 g/mol. The molecule has 146 valence electrons. The monoisotopic (exact) mass is 450 g/mol. The van der Waals surface area contributed by atoms with E-state index in [-0.39, 0.29) is 26.4 Å². The predicted octanol–water partition coefficient (Wildman–Crippen LogP) is 4.45. The Labute approximate surface area is 173 Å². The molecule has 10 heteroatoms. The predicted molar refractivity (Wildman–Crippen MR) is 110 cm³/mol. The SMILES string of the molecule is COc1ccc(N([C@H](C)C(=O)Nc2cccc(Cl)c2Cl)S(C)(=O)=O)cc1Cl. The molecular weight excluding hydrogens is 435 g/mol. The van der Waals surface area contributed by atoms with Crippen molar-refractivity contribution in [1.29, 1.82) is 0 Å². The van der Waals surface area contributed by atoms with Gasteiger partial charge in [0.25, 0.3) is 0 Å². The van der Waals surface area contributed by atoms with Gasteiger partial charge in [0.15, 0.2) is 0 Å². The first-order chi connectivity index (χ1) is 12.6. The molecule has 0 bridgehead atoms. The van der Waals surface area contributed by atoms with Crippen molar-refractivity contribution < 1.29 is 17.9 Å². The molecule has 6 nitrogen and oxygen atoms in total. The van der Waals surface area contributed by atoms with Crippen LogP contribution < -0.4 is 14.4 Å². The second kappa shape index (κ2) is 8.56. The van der Waals surface area contributed by atoms with E-state index in [4.69, 9.17) is 39.5 Å². The van der Waals surface area contributed by atoms with Crippen molar-refractivity contribution in [3.8, 4) is 5.75 Å². The molecular formula is C17H17Cl3N2O4S. The van der Waals surface area contributed by atoms with Crippen molar-refractivity contribution in [1.82, 2.24) is 0 Å². The molecule has 0 heterocycles. The van der Waals surface area contributed by atoms with E-state index in [1.807, 2.05) is 0 Å². The van der Waals surface area contributed by atoms with Crippen LogP contribution in [0.25, 0.3) is 0 Å². The van der Waals surface area contributed by atoms with E-state index in [0.29, 0.717) is 5.75 Å². The van der Waals surface area contributed by atoms with Crippen LogP contribution in [0.4, 0.5) is 11.4 Å². The lowest BCUT2D eigenvalue weighted by Gasteiger charge is -2.28. The summed E-state index contributed by atoms with van der Waals surface area (Å²) in [5, 5.41) is 3.24. The fourth-order valence-electron chi connectivity index (χ4n) is 2.44. The number of anilines is 2. The van der Waals surface area contributed by atoms with Crippen LogP contribution in [0.5, 0.6) is 5.75 Å². The van der Waals surface area contributed by atoms with Crippen LogP contribution in [-0.2, 0) is 14.8 Å². The third-order valence-electron chi connectivity index (χ3n) is 3.69. The third-order valence-corrected chi connectivity index (χ3v) is 6.04. The molecule has 0 aliphatic heterocycles. The Balaban J connectivity index is 2.38. The highest BCUT2D eigenvalue weighted by atomic mass is 35.5. The Bertz CT molecular complexity index is 967. The van der Waals surface area contributed by atoms with Crippen LogP contribution in [0.2, 0.25) is 15.1 Å². The van der Waals surface area contributed by atoms with Gasteiger partial charge >= 0.3 is 0 Å². The molecule has 0 radical (unpaired) electrons. The quantitative estimate of drug-likeness (QED) is 0.704. The van der Waals surface area contributed by atoms with Crippen molar-refractivity contribution in [3.63, 3.8) is 0 Å². The average Bonchev–Trinajstić information content (AvgIpc) is 2.58. The molecule has 2 rings (SSSR count). The number of rotatable bonds is 6. The number of hydrogen-bond donors (Lipinski definition) is 1. The lowest BCUT2D eigenvalue weighted by molar-refractivity contribution is -0.116. The van der Waals surface area contributed by atoms with Crippen molar-refractivity contribution in [2.45, 2.75) is 13.0 Å². The molecule has 0 unspecified atom stereocenters. The molecule has 0 aromatic heterocycles. The second-order valence-electron chi connectivity index (χ2n) is 5.64. The molecule has 0 saturated heterocycles. The number of nitrogens with zero attached hydrogens (tertiary/aromatic N) is 1. The van der Waals surface area contributed by atoms with Gasteiger partial charge in [-0.1, -0.05) is 40.9 Å². The summed E-state index contributed by atoms with van der Waals surface area (Å²) in [7, 11) is -2.35. The number of nitrogens with one attached hydrogen (secondary N) is 1. The van der Waals surface area contributed by atoms with Crippen LogP contribution in [0.15, 0.2) is 36.4 Å². The number of carbonyl (C=O) groups excluding carboxylic acids is 1. The molecule has 0 aliphatic carbocycles. The Kier molecular flexibility index (Phi) is 6.86. The van der Waals surface area contributed by atoms with Gasteiger partial charge in [-0.25, -0.2) is 8.42 Å². The molecule has 1 amide bonds. The minimum absolute atomic E-state index is 0.165. The van der Waals surface area contributed by atoms with Crippen molar-refractivity contribution in [2.75, 3.05) is 23.0 Å². The van der Waals surface area contributed by atoms with Crippen molar-refractivity contribution in [2.24, 2.45) is 0 Å². The van der Waals surface area contributed by atoms with Crippen LogP contribution in [-0.4, -0.2) is 33.7 Å². The van der Waals surface area contributed by atoms with Gasteiger partial charge in [-0.05, 0) is 37.3 Å². The zero-order valence-corrected chi connectivity index (χ0v) is 17.7. The molecule has 1 N–H and O–H groups in total. The van der Waals surface area contributed by atoms with Crippen molar-refractivity contribution >= 4 is 62.1 Å². The first-order valence-corrected chi connectivity index (χ1v) is 10.6. The zero-order valence-electron chi connectivity index (χ0n) is 14.7. The number of carbonyl (C=O) groups is 1. The Morgan fingerprint density at radius 3 is 2.37 bits per heavy atom. The summed E-state index contributed by atoms with van der Waals surface area (Å²) in [5.41, 5.74) is 0.505. The van der Waals surface area contributed by atoms with Gasteiger partial charge in [0.05, 0.1) is 39.8 Å². The minimum atomic E-state index is -3.80. The molecule has 0 fully saturated rings. The van der Waals surface area contributed by atoms with E-state index in [1.54, 1.807) is 18.2 Å². The van der Waals surface area contributed by atoms with Gasteiger partial charge in [-0.3, -0.25) is 9.10 Å². The highest BCUT2D eigenvalue weighted by Gasteiger charge is 2.30. The fourth-order valence-corrected chi connectivity index (χ4v) is 4.21. The molecule has 0 aliphatic rings. The third kappa shape index (κ3) is 4.99. The van der Waals surface area contributed by atoms with Gasteiger partial charge < -0.3 is 10.1 Å². The molecule has 1 atom stereocenters. The highest BCUT2D eigenvalue weighted by Crippen LogP contribution is 2.32. The standard InChI is InChI=1S/C17H17Cl3N2O4S/c1-10(17(23)21-14-6-4-5-12(18)16(14)20)22(27(3,24)25)11-7-8-15(26-2)13(19)9-11/h4-10H,1-3H3,(H,21,23)/t10-/m1/s1. The first kappa shape index (κ1) is 21.6. The van der Waals surface area contributed by atoms with Gasteiger partial charge in [0, 0.05) is 0 Å². The Morgan fingerprint density at radius 1 is 1.15 bits per heavy atom. The lowest BCUT2D eigenvalue weighted by Crippen LogP contribution is -2.45. The van der Waals surface area contributed by atoms with Gasteiger partial charge in [-0.2, -0.15) is 0 Å². The van der Waals surface area contributed by atoms with Crippen LogP contribution in [0.3, 0.4) is 0 Å². The summed E-state index contributed by atoms with van der Waals surface area (Å²) in [5.74, 6) is -0.201. The van der Waals surface area contributed by atoms with Gasteiger partial charge in [0.1, 0.15) is 11.8 Å². The number of ether oxygens (including phenoxy) is 1. The summed E-state index contributed by atoms with van der Waals surface area (Å²) in [6.07, 6.45) is 1.00. The largest absolute Gasteiger partial charge is 0.495 e. The molecule has 0 spiro atoms. The number of halogens is 3. The van der Waals surface area contributed by atoms with Crippen LogP contribution in [0.1, 0.15) is 6.92 Å². The summed E-state index contributed by atoms with van der Waals surface area (Å²) in [6, 6.07) is 8.11. The fraction of sp³-hybridized carbons (Fsp3) is 0.235. The zero-order chi connectivity index (χ0) is 20.4. The molecule has 2 aromatic carbocycles.